The van der Waals surface area contributed by atoms with Crippen molar-refractivity contribution in [3.05, 3.63) is 130 Å². The molecule has 0 fully saturated rings. The van der Waals surface area contributed by atoms with Gasteiger partial charge in [-0.1, -0.05) is 41.9 Å². The second-order valence-electron chi connectivity index (χ2n) is 9.00. The minimum absolute atomic E-state index is 0.0341. The van der Waals surface area contributed by atoms with E-state index < -0.39 is 51.9 Å². The molecule has 43 heavy (non-hydrogen) atoms. The zero-order valence-corrected chi connectivity index (χ0v) is 23.8. The van der Waals surface area contributed by atoms with Crippen LogP contribution in [0.2, 0.25) is 5.02 Å². The lowest BCUT2D eigenvalue weighted by atomic mass is 10.1. The molecule has 0 radical (unpaired) electrons. The summed E-state index contributed by atoms with van der Waals surface area (Å²) in [7, 11) is 0. The van der Waals surface area contributed by atoms with Crippen molar-refractivity contribution in [3.8, 4) is 0 Å². The van der Waals surface area contributed by atoms with Crippen LogP contribution in [0, 0.1) is 23.3 Å². The number of thioether (sulfide) groups is 1. The van der Waals surface area contributed by atoms with E-state index in [2.05, 4.69) is 10.6 Å². The summed E-state index contributed by atoms with van der Waals surface area (Å²) in [4.78, 5) is 39.0. The Labute approximate surface area is 253 Å². The molecule has 0 aliphatic heterocycles. The lowest BCUT2D eigenvalue weighted by Gasteiger charge is -2.14. The van der Waals surface area contributed by atoms with Gasteiger partial charge >= 0.3 is 0 Å². The van der Waals surface area contributed by atoms with Crippen molar-refractivity contribution in [2.75, 3.05) is 10.6 Å². The summed E-state index contributed by atoms with van der Waals surface area (Å²) in [6.45, 7) is 1.43. The number of nitrogens with one attached hydrogen (secondary N) is 3. The van der Waals surface area contributed by atoms with E-state index in [9.17, 15) is 31.9 Å². The summed E-state index contributed by atoms with van der Waals surface area (Å²) in [5.74, 6) is -8.70. The highest BCUT2D eigenvalue weighted by atomic mass is 35.5. The first-order valence-electron chi connectivity index (χ1n) is 12.6. The van der Waals surface area contributed by atoms with Crippen molar-refractivity contribution in [2.24, 2.45) is 0 Å². The number of amides is 3. The molecule has 0 heterocycles. The lowest BCUT2D eigenvalue weighted by molar-refractivity contribution is -0.115. The van der Waals surface area contributed by atoms with E-state index in [0.29, 0.717) is 26.7 Å². The van der Waals surface area contributed by atoms with E-state index in [1.165, 1.54) is 13.0 Å². The molecule has 3 amide bonds. The zero-order chi connectivity index (χ0) is 31.1. The van der Waals surface area contributed by atoms with Gasteiger partial charge in [-0.3, -0.25) is 14.4 Å². The maximum Gasteiger partial charge on any atom is 0.272 e. The van der Waals surface area contributed by atoms with Gasteiger partial charge in [-0.15, -0.1) is 11.8 Å². The molecule has 4 rings (SSSR count). The number of rotatable bonds is 9. The van der Waals surface area contributed by atoms with Gasteiger partial charge in [0.15, 0.2) is 23.3 Å². The van der Waals surface area contributed by atoms with Gasteiger partial charge in [0, 0.05) is 27.2 Å². The van der Waals surface area contributed by atoms with Crippen molar-refractivity contribution in [3.63, 3.8) is 0 Å². The fourth-order valence-corrected chi connectivity index (χ4v) is 4.64. The van der Waals surface area contributed by atoms with Crippen molar-refractivity contribution < 1.29 is 31.9 Å². The highest BCUT2D eigenvalue weighted by Crippen LogP contribution is 2.28. The van der Waals surface area contributed by atoms with Crippen LogP contribution in [0.25, 0.3) is 6.08 Å². The monoisotopic (exact) mass is 627 g/mol. The van der Waals surface area contributed by atoms with Gasteiger partial charge in [0.05, 0.1) is 5.25 Å². The van der Waals surface area contributed by atoms with E-state index in [1.807, 2.05) is 5.32 Å². The molecule has 1 unspecified atom stereocenters. The first-order valence-corrected chi connectivity index (χ1v) is 13.8. The van der Waals surface area contributed by atoms with Gasteiger partial charge in [0.2, 0.25) is 5.91 Å². The van der Waals surface area contributed by atoms with E-state index in [0.717, 1.165) is 11.8 Å². The smallest absolute Gasteiger partial charge is 0.272 e. The maximum atomic E-state index is 13.9. The molecule has 0 spiro atoms. The Bertz CT molecular complexity index is 1660. The van der Waals surface area contributed by atoms with Gasteiger partial charge in [0.25, 0.3) is 11.8 Å². The van der Waals surface area contributed by atoms with E-state index in [-0.39, 0.29) is 11.8 Å². The minimum atomic E-state index is -1.71. The molecule has 6 nitrogen and oxygen atoms in total. The van der Waals surface area contributed by atoms with E-state index in [1.54, 1.807) is 78.9 Å². The summed E-state index contributed by atoms with van der Waals surface area (Å²) in [5, 5.41) is 6.79. The average Bonchev–Trinajstić information content (AvgIpc) is 3.00. The Morgan fingerprint density at radius 2 is 1.42 bits per heavy atom. The number of carbonyl (C=O) groups is 3. The van der Waals surface area contributed by atoms with Crippen LogP contribution in [-0.4, -0.2) is 23.0 Å². The zero-order valence-electron chi connectivity index (χ0n) is 22.3. The van der Waals surface area contributed by atoms with Crippen LogP contribution >= 0.6 is 23.4 Å². The lowest BCUT2D eigenvalue weighted by Crippen LogP contribution is -2.30. The van der Waals surface area contributed by atoms with Crippen LogP contribution < -0.4 is 16.0 Å². The SMILES string of the molecule is CC(Sc1ccc(NC(=O)/C(=C/c2ccc(Cl)cc2)NC(=O)c2ccccc2)cc1)C(=O)Nc1c(F)c(F)cc(F)c1F. The van der Waals surface area contributed by atoms with Crippen molar-refractivity contribution in [1.82, 2.24) is 5.32 Å². The quantitative estimate of drug-likeness (QED) is 0.0780. The standard InChI is InChI=1S/C31H22ClF4N3O3S/c1-17(29(40)39-28-26(35)23(33)16-24(34)27(28)36)43-22-13-11-21(12-14-22)37-31(42)25(15-18-7-9-20(32)10-8-18)38-30(41)19-5-3-2-4-6-19/h2-17H,1H3,(H,37,42)(H,38,41)(H,39,40)/b25-15-. The van der Waals surface area contributed by atoms with Crippen molar-refractivity contribution in [1.29, 1.82) is 0 Å². The van der Waals surface area contributed by atoms with Crippen molar-refractivity contribution in [2.45, 2.75) is 17.1 Å². The number of halogens is 5. The molecule has 0 aliphatic carbocycles. The van der Waals surface area contributed by atoms with Crippen LogP contribution in [0.1, 0.15) is 22.8 Å². The molecule has 12 heteroatoms. The van der Waals surface area contributed by atoms with Crippen LogP contribution in [0.5, 0.6) is 0 Å². The Kier molecular flexibility index (Phi) is 10.2. The minimum Gasteiger partial charge on any atom is -0.321 e. The fraction of sp³-hybridized carbons (Fsp3) is 0.0645. The van der Waals surface area contributed by atoms with Crippen LogP contribution in [0.3, 0.4) is 0 Å². The largest absolute Gasteiger partial charge is 0.321 e. The molecule has 4 aromatic rings. The topological polar surface area (TPSA) is 87.3 Å². The predicted octanol–water partition coefficient (Wildman–Crippen LogP) is 7.43. The molecule has 0 bridgehead atoms. The van der Waals surface area contributed by atoms with Crippen LogP contribution in [-0.2, 0) is 9.59 Å². The first kappa shape index (κ1) is 31.3. The van der Waals surface area contributed by atoms with Crippen molar-refractivity contribution >= 4 is 58.5 Å². The third-order valence-corrected chi connectivity index (χ3v) is 7.23. The normalized spacial score (nSPS) is 11.9. The molecule has 4 aromatic carbocycles. The fourth-order valence-electron chi connectivity index (χ4n) is 3.65. The molecule has 3 N–H and O–H groups in total. The highest BCUT2D eigenvalue weighted by Gasteiger charge is 2.23. The van der Waals surface area contributed by atoms with Gasteiger partial charge in [-0.05, 0) is 67.1 Å². The molecular weight excluding hydrogens is 606 g/mol. The van der Waals surface area contributed by atoms with E-state index >= 15 is 0 Å². The third-order valence-electron chi connectivity index (χ3n) is 5.86. The number of hydrogen-bond acceptors (Lipinski definition) is 4. The molecule has 0 saturated heterocycles. The Hall–Kier alpha value is -4.61. The molecule has 0 aromatic heterocycles. The molecule has 1 atom stereocenters. The summed E-state index contributed by atoms with van der Waals surface area (Å²) in [6, 6.07) is 21.3. The van der Waals surface area contributed by atoms with Gasteiger partial charge in [-0.25, -0.2) is 17.6 Å². The number of anilines is 2. The summed E-state index contributed by atoms with van der Waals surface area (Å²) < 4.78 is 54.8. The number of carbonyl (C=O) groups excluding carboxylic acids is 3. The van der Waals surface area contributed by atoms with Crippen LogP contribution in [0.15, 0.2) is 95.5 Å². The predicted molar refractivity (Wildman–Crippen MR) is 159 cm³/mol. The van der Waals surface area contributed by atoms with Gasteiger partial charge in [0.1, 0.15) is 11.4 Å². The second-order valence-corrected chi connectivity index (χ2v) is 10.9. The van der Waals surface area contributed by atoms with E-state index in [4.69, 9.17) is 11.6 Å². The number of hydrogen-bond donors (Lipinski definition) is 3. The summed E-state index contributed by atoms with van der Waals surface area (Å²) in [5.41, 5.74) is 0.0808. The highest BCUT2D eigenvalue weighted by molar-refractivity contribution is 8.00. The molecule has 220 valence electrons. The third kappa shape index (κ3) is 8.24. The van der Waals surface area contributed by atoms with Crippen LogP contribution in [0.4, 0.5) is 28.9 Å². The van der Waals surface area contributed by atoms with Gasteiger partial charge in [-0.2, -0.15) is 0 Å². The molecular formula is C31H22ClF4N3O3S. The Balaban J connectivity index is 1.44. The Morgan fingerprint density at radius 1 is 0.814 bits per heavy atom. The molecule has 0 aliphatic rings. The number of benzene rings is 4. The van der Waals surface area contributed by atoms with Gasteiger partial charge < -0.3 is 16.0 Å². The summed E-state index contributed by atoms with van der Waals surface area (Å²) >= 11 is 6.95. The molecule has 0 saturated carbocycles. The summed E-state index contributed by atoms with van der Waals surface area (Å²) in [6.07, 6.45) is 1.49. The maximum absolute atomic E-state index is 13.9. The Morgan fingerprint density at radius 3 is 2.02 bits per heavy atom. The first-order chi connectivity index (χ1) is 20.5. The average molecular weight is 628 g/mol. The second kappa shape index (κ2) is 14.0.